The SMILES string of the molecule is CCCCCCCCNC(=S)NC(CO)C(O)C=Cc1ccc(Cl)cc1. The number of aliphatic hydroxyl groups is 2. The monoisotopic (exact) mass is 398 g/mol. The van der Waals surface area contributed by atoms with Gasteiger partial charge < -0.3 is 20.8 Å². The molecule has 2 atom stereocenters. The number of aliphatic hydroxyl groups excluding tert-OH is 2. The third-order valence-electron chi connectivity index (χ3n) is 4.10. The molecule has 0 aromatic heterocycles. The van der Waals surface area contributed by atoms with Crippen LogP contribution >= 0.6 is 23.8 Å². The second-order valence-electron chi connectivity index (χ2n) is 6.36. The van der Waals surface area contributed by atoms with Crippen LogP contribution in [0.15, 0.2) is 30.3 Å². The van der Waals surface area contributed by atoms with E-state index in [2.05, 4.69) is 17.6 Å². The summed E-state index contributed by atoms with van der Waals surface area (Å²) in [6, 6.07) is 6.75. The van der Waals surface area contributed by atoms with E-state index in [0.29, 0.717) is 10.1 Å². The van der Waals surface area contributed by atoms with Gasteiger partial charge in [-0.1, -0.05) is 74.9 Å². The quantitative estimate of drug-likeness (QED) is 0.317. The van der Waals surface area contributed by atoms with Crippen molar-refractivity contribution in [3.05, 3.63) is 40.9 Å². The van der Waals surface area contributed by atoms with Gasteiger partial charge in [-0.05, 0) is 36.3 Å². The Balaban J connectivity index is 2.30. The molecule has 0 fully saturated rings. The number of benzene rings is 1. The van der Waals surface area contributed by atoms with Gasteiger partial charge in [-0.2, -0.15) is 0 Å². The van der Waals surface area contributed by atoms with Gasteiger partial charge in [0.05, 0.1) is 18.8 Å². The summed E-state index contributed by atoms with van der Waals surface area (Å²) in [6.07, 6.45) is 9.91. The van der Waals surface area contributed by atoms with Crippen LogP contribution in [0.25, 0.3) is 6.08 Å². The van der Waals surface area contributed by atoms with Crippen molar-refractivity contribution in [3.63, 3.8) is 0 Å². The maximum absolute atomic E-state index is 10.2. The van der Waals surface area contributed by atoms with Crippen molar-refractivity contribution < 1.29 is 10.2 Å². The number of hydrogen-bond donors (Lipinski definition) is 4. The number of unbranched alkanes of at least 4 members (excludes halogenated alkanes) is 5. The average Bonchev–Trinajstić information content (AvgIpc) is 2.64. The smallest absolute Gasteiger partial charge is 0.166 e. The summed E-state index contributed by atoms with van der Waals surface area (Å²) in [6.45, 7) is 2.79. The zero-order valence-electron chi connectivity index (χ0n) is 15.5. The Hall–Kier alpha value is -1.14. The van der Waals surface area contributed by atoms with Gasteiger partial charge >= 0.3 is 0 Å². The molecule has 1 rings (SSSR count). The maximum atomic E-state index is 10.2. The summed E-state index contributed by atoms with van der Waals surface area (Å²) in [5.74, 6) is 0. The lowest BCUT2D eigenvalue weighted by atomic mass is 10.1. The maximum Gasteiger partial charge on any atom is 0.166 e. The summed E-state index contributed by atoms with van der Waals surface area (Å²) in [7, 11) is 0. The van der Waals surface area contributed by atoms with Gasteiger partial charge in [-0.25, -0.2) is 0 Å². The van der Waals surface area contributed by atoms with Crippen LogP contribution in [-0.2, 0) is 0 Å². The van der Waals surface area contributed by atoms with E-state index >= 15 is 0 Å². The zero-order valence-corrected chi connectivity index (χ0v) is 17.0. The van der Waals surface area contributed by atoms with Crippen molar-refractivity contribution >= 4 is 35.0 Å². The highest BCUT2D eigenvalue weighted by molar-refractivity contribution is 7.80. The first-order valence-corrected chi connectivity index (χ1v) is 10.1. The van der Waals surface area contributed by atoms with Gasteiger partial charge in [0.1, 0.15) is 0 Å². The van der Waals surface area contributed by atoms with Gasteiger partial charge in [0.2, 0.25) is 0 Å². The first-order chi connectivity index (χ1) is 12.6. The van der Waals surface area contributed by atoms with Gasteiger partial charge in [0.15, 0.2) is 5.11 Å². The van der Waals surface area contributed by atoms with E-state index in [0.717, 1.165) is 18.5 Å². The summed E-state index contributed by atoms with van der Waals surface area (Å²) < 4.78 is 0. The zero-order chi connectivity index (χ0) is 19.2. The van der Waals surface area contributed by atoms with E-state index in [9.17, 15) is 10.2 Å². The molecule has 0 heterocycles. The third kappa shape index (κ3) is 10.1. The highest BCUT2D eigenvalue weighted by Crippen LogP contribution is 2.11. The van der Waals surface area contributed by atoms with Gasteiger partial charge in [0, 0.05) is 11.6 Å². The average molecular weight is 399 g/mol. The summed E-state index contributed by atoms with van der Waals surface area (Å²) in [5, 5.41) is 27.0. The molecule has 146 valence electrons. The number of rotatable bonds is 12. The molecule has 0 aliphatic carbocycles. The Morgan fingerprint density at radius 2 is 1.81 bits per heavy atom. The second kappa shape index (κ2) is 14.0. The number of nitrogens with one attached hydrogen (secondary N) is 2. The lowest BCUT2D eigenvalue weighted by Gasteiger charge is -2.22. The molecule has 0 radical (unpaired) electrons. The second-order valence-corrected chi connectivity index (χ2v) is 7.20. The highest BCUT2D eigenvalue weighted by atomic mass is 35.5. The normalized spacial score (nSPS) is 13.5. The molecule has 0 saturated heterocycles. The predicted octanol–water partition coefficient (Wildman–Crippen LogP) is 3.90. The Morgan fingerprint density at radius 1 is 1.15 bits per heavy atom. The summed E-state index contributed by atoms with van der Waals surface area (Å²) in [5.41, 5.74) is 0.925. The number of hydrogen-bond acceptors (Lipinski definition) is 3. The molecule has 4 nitrogen and oxygen atoms in total. The molecule has 2 unspecified atom stereocenters. The topological polar surface area (TPSA) is 64.5 Å². The molecule has 4 N–H and O–H groups in total. The van der Waals surface area contributed by atoms with Crippen LogP contribution in [0.5, 0.6) is 0 Å². The molecule has 0 amide bonds. The Bertz CT molecular complexity index is 537. The standard InChI is InChI=1S/C20H31ClN2O2S/c1-2-3-4-5-6-7-14-22-20(26)23-18(15-24)19(25)13-10-16-8-11-17(21)12-9-16/h8-13,18-19,24-25H,2-7,14-15H2,1H3,(H2,22,23,26). The van der Waals surface area contributed by atoms with E-state index in [1.165, 1.54) is 32.1 Å². The number of thiocarbonyl (C=S) groups is 1. The fourth-order valence-electron chi connectivity index (χ4n) is 2.48. The summed E-state index contributed by atoms with van der Waals surface area (Å²) >= 11 is 11.1. The van der Waals surface area contributed by atoms with Crippen LogP contribution in [0.2, 0.25) is 5.02 Å². The fourth-order valence-corrected chi connectivity index (χ4v) is 2.86. The molecule has 1 aromatic rings. The van der Waals surface area contributed by atoms with Crippen LogP contribution in [0.4, 0.5) is 0 Å². The minimum absolute atomic E-state index is 0.217. The molecule has 26 heavy (non-hydrogen) atoms. The van der Waals surface area contributed by atoms with Crippen LogP contribution < -0.4 is 10.6 Å². The van der Waals surface area contributed by atoms with E-state index in [4.69, 9.17) is 23.8 Å². The van der Waals surface area contributed by atoms with E-state index in [1.807, 2.05) is 12.1 Å². The third-order valence-corrected chi connectivity index (χ3v) is 4.61. The Kier molecular flexibility index (Phi) is 12.3. The molecule has 0 aliphatic heterocycles. The largest absolute Gasteiger partial charge is 0.394 e. The van der Waals surface area contributed by atoms with Crippen LogP contribution in [0.1, 0.15) is 51.0 Å². The van der Waals surface area contributed by atoms with Crippen LogP contribution in [0.3, 0.4) is 0 Å². The van der Waals surface area contributed by atoms with E-state index in [-0.39, 0.29) is 6.61 Å². The first kappa shape index (κ1) is 22.9. The van der Waals surface area contributed by atoms with Gasteiger partial charge in [0.25, 0.3) is 0 Å². The Labute approximate surface area is 167 Å². The molecule has 6 heteroatoms. The van der Waals surface area contributed by atoms with Crippen molar-refractivity contribution in [2.75, 3.05) is 13.2 Å². The molecule has 0 spiro atoms. The highest BCUT2D eigenvalue weighted by Gasteiger charge is 2.16. The Morgan fingerprint density at radius 3 is 2.46 bits per heavy atom. The van der Waals surface area contributed by atoms with Crippen molar-refractivity contribution in [1.29, 1.82) is 0 Å². The van der Waals surface area contributed by atoms with Gasteiger partial charge in [-0.3, -0.25) is 0 Å². The number of halogens is 1. The molecule has 1 aromatic carbocycles. The van der Waals surface area contributed by atoms with Crippen molar-refractivity contribution in [2.45, 2.75) is 57.6 Å². The fraction of sp³-hybridized carbons (Fsp3) is 0.550. The van der Waals surface area contributed by atoms with Crippen molar-refractivity contribution in [3.8, 4) is 0 Å². The first-order valence-electron chi connectivity index (χ1n) is 9.34. The van der Waals surface area contributed by atoms with E-state index < -0.39 is 12.1 Å². The van der Waals surface area contributed by atoms with Crippen LogP contribution in [0, 0.1) is 0 Å². The molecule has 0 saturated carbocycles. The minimum atomic E-state index is -0.857. The lowest BCUT2D eigenvalue weighted by Crippen LogP contribution is -2.49. The predicted molar refractivity (Wildman–Crippen MR) is 114 cm³/mol. The molecule has 0 bridgehead atoms. The molecular weight excluding hydrogens is 368 g/mol. The molecular formula is C20H31ClN2O2S. The lowest BCUT2D eigenvalue weighted by molar-refractivity contribution is 0.134. The van der Waals surface area contributed by atoms with Gasteiger partial charge in [-0.15, -0.1) is 0 Å². The minimum Gasteiger partial charge on any atom is -0.394 e. The molecule has 0 aliphatic rings. The van der Waals surface area contributed by atoms with Crippen molar-refractivity contribution in [2.24, 2.45) is 0 Å². The van der Waals surface area contributed by atoms with E-state index in [1.54, 1.807) is 24.3 Å². The van der Waals surface area contributed by atoms with Crippen molar-refractivity contribution in [1.82, 2.24) is 10.6 Å². The summed E-state index contributed by atoms with van der Waals surface area (Å²) in [4.78, 5) is 0. The van der Waals surface area contributed by atoms with Crippen LogP contribution in [-0.4, -0.2) is 40.6 Å².